The molecule has 0 unspecified atom stereocenters. The average molecular weight is 461 g/mol. The Labute approximate surface area is 200 Å². The second-order valence-electron chi connectivity index (χ2n) is 9.17. The molecule has 33 heavy (non-hydrogen) atoms. The third kappa shape index (κ3) is 5.28. The summed E-state index contributed by atoms with van der Waals surface area (Å²) >= 11 is 1.77. The molecule has 2 aliphatic rings. The van der Waals surface area contributed by atoms with Crippen LogP contribution in [0.3, 0.4) is 0 Å². The number of benzene rings is 2. The molecule has 0 N–H and O–H groups in total. The number of hydrogen-bond acceptors (Lipinski definition) is 5. The molecule has 2 aliphatic heterocycles. The van der Waals surface area contributed by atoms with Crippen LogP contribution in [0.15, 0.2) is 54.6 Å². The molecule has 6 heteroatoms. The van der Waals surface area contributed by atoms with Crippen molar-refractivity contribution in [3.8, 4) is 0 Å². The van der Waals surface area contributed by atoms with Gasteiger partial charge in [-0.05, 0) is 43.0 Å². The van der Waals surface area contributed by atoms with E-state index >= 15 is 0 Å². The lowest BCUT2D eigenvalue weighted by Crippen LogP contribution is -2.51. The maximum absolute atomic E-state index is 13.1. The van der Waals surface area contributed by atoms with E-state index in [1.165, 1.54) is 15.8 Å². The van der Waals surface area contributed by atoms with Crippen molar-refractivity contribution in [3.63, 3.8) is 0 Å². The zero-order chi connectivity index (χ0) is 22.6. The summed E-state index contributed by atoms with van der Waals surface area (Å²) in [6, 6.07) is 16.9. The van der Waals surface area contributed by atoms with Gasteiger partial charge in [-0.1, -0.05) is 59.9 Å². The highest BCUT2D eigenvalue weighted by molar-refractivity contribution is 7.22. The van der Waals surface area contributed by atoms with Crippen molar-refractivity contribution in [2.45, 2.75) is 19.8 Å². The topological polar surface area (TPSA) is 39.7 Å². The third-order valence-electron chi connectivity index (χ3n) is 6.80. The number of nitrogens with zero attached hydrogens (tertiary/aromatic N) is 4. The summed E-state index contributed by atoms with van der Waals surface area (Å²) in [4.78, 5) is 24.9. The number of aryl methyl sites for hydroxylation is 1. The van der Waals surface area contributed by atoms with Crippen molar-refractivity contribution < 1.29 is 4.79 Å². The van der Waals surface area contributed by atoms with Gasteiger partial charge in [0.1, 0.15) is 0 Å². The van der Waals surface area contributed by atoms with E-state index in [9.17, 15) is 4.79 Å². The molecular weight excluding hydrogens is 428 g/mol. The average Bonchev–Trinajstić information content (AvgIpc) is 3.28. The van der Waals surface area contributed by atoms with Crippen LogP contribution in [-0.4, -0.2) is 66.5 Å². The Morgan fingerprint density at radius 3 is 2.55 bits per heavy atom. The summed E-state index contributed by atoms with van der Waals surface area (Å²) in [5, 5.41) is 1.10. The first-order valence-electron chi connectivity index (χ1n) is 12.0. The van der Waals surface area contributed by atoms with E-state index in [4.69, 9.17) is 4.98 Å². The van der Waals surface area contributed by atoms with Crippen molar-refractivity contribution in [3.05, 3.63) is 65.7 Å². The van der Waals surface area contributed by atoms with Crippen molar-refractivity contribution in [1.82, 2.24) is 14.8 Å². The fourth-order valence-electron chi connectivity index (χ4n) is 4.78. The first kappa shape index (κ1) is 22.1. The Morgan fingerprint density at radius 2 is 1.79 bits per heavy atom. The second kappa shape index (κ2) is 10.1. The summed E-state index contributed by atoms with van der Waals surface area (Å²) in [5.41, 5.74) is 3.59. The van der Waals surface area contributed by atoms with Gasteiger partial charge in [-0.25, -0.2) is 4.98 Å². The summed E-state index contributed by atoms with van der Waals surface area (Å²) < 4.78 is 1.25. The maximum Gasteiger partial charge on any atom is 0.225 e. The minimum atomic E-state index is 0.155. The molecular formula is C27H32N4OS. The number of piperidine rings is 1. The molecule has 172 valence electrons. The van der Waals surface area contributed by atoms with Gasteiger partial charge in [0, 0.05) is 51.7 Å². The van der Waals surface area contributed by atoms with Gasteiger partial charge in [0.05, 0.1) is 10.2 Å². The molecule has 0 bridgehead atoms. The second-order valence-corrected chi connectivity index (χ2v) is 10.2. The van der Waals surface area contributed by atoms with Gasteiger partial charge in [-0.2, -0.15) is 0 Å². The van der Waals surface area contributed by atoms with Crippen LogP contribution in [0, 0.1) is 12.8 Å². The van der Waals surface area contributed by atoms with Crippen LogP contribution < -0.4 is 4.90 Å². The number of anilines is 1. The van der Waals surface area contributed by atoms with E-state index in [-0.39, 0.29) is 5.92 Å². The SMILES string of the molecule is Cc1ccc2nc(N3CCC(C(=O)N4CCN(C/C=C/c5ccccc5)CC4)CC3)sc2c1. The minimum Gasteiger partial charge on any atom is -0.348 e. The minimum absolute atomic E-state index is 0.155. The van der Waals surface area contributed by atoms with E-state index in [0.29, 0.717) is 5.91 Å². The number of fused-ring (bicyclic) bond motifs is 1. The molecule has 0 radical (unpaired) electrons. The predicted octanol–water partition coefficient (Wildman–Crippen LogP) is 4.68. The summed E-state index contributed by atoms with van der Waals surface area (Å²) in [5.74, 6) is 0.511. The molecule has 1 amide bonds. The Bertz CT molecular complexity index is 1110. The molecule has 5 rings (SSSR count). The van der Waals surface area contributed by atoms with Gasteiger partial charge in [-0.15, -0.1) is 0 Å². The Hall–Kier alpha value is -2.70. The number of hydrogen-bond donors (Lipinski definition) is 0. The number of carbonyl (C=O) groups is 1. The van der Waals surface area contributed by atoms with Gasteiger partial charge in [0.25, 0.3) is 0 Å². The number of piperazine rings is 1. The molecule has 1 aromatic heterocycles. The van der Waals surface area contributed by atoms with Gasteiger partial charge < -0.3 is 9.80 Å². The highest BCUT2D eigenvalue weighted by Gasteiger charge is 2.31. The molecule has 2 fully saturated rings. The highest BCUT2D eigenvalue weighted by Crippen LogP contribution is 2.32. The molecule has 0 atom stereocenters. The van der Waals surface area contributed by atoms with Gasteiger partial charge in [0.2, 0.25) is 5.91 Å². The lowest BCUT2D eigenvalue weighted by molar-refractivity contribution is -0.137. The van der Waals surface area contributed by atoms with Crippen molar-refractivity contribution in [1.29, 1.82) is 0 Å². The van der Waals surface area contributed by atoms with Crippen LogP contribution in [0.4, 0.5) is 5.13 Å². The first-order valence-corrected chi connectivity index (χ1v) is 12.8. The smallest absolute Gasteiger partial charge is 0.225 e. The van der Waals surface area contributed by atoms with E-state index in [2.05, 4.69) is 76.2 Å². The Kier molecular flexibility index (Phi) is 6.74. The molecule has 3 heterocycles. The number of rotatable bonds is 5. The zero-order valence-electron chi connectivity index (χ0n) is 19.3. The monoisotopic (exact) mass is 460 g/mol. The number of thiazole rings is 1. The number of aromatic nitrogens is 1. The summed E-state index contributed by atoms with van der Waals surface area (Å²) in [6.07, 6.45) is 6.26. The van der Waals surface area contributed by atoms with Gasteiger partial charge in [0.15, 0.2) is 5.13 Å². The fourth-order valence-corrected chi connectivity index (χ4v) is 5.90. The van der Waals surface area contributed by atoms with Crippen LogP contribution in [-0.2, 0) is 4.79 Å². The van der Waals surface area contributed by atoms with E-state index < -0.39 is 0 Å². The normalized spacial score (nSPS) is 18.5. The standard InChI is InChI=1S/C27H32N4OS/c1-21-9-10-24-25(20-21)33-27(28-24)31-14-11-23(12-15-31)26(32)30-18-16-29(17-19-30)13-5-8-22-6-3-2-4-7-22/h2-10,20,23H,11-19H2,1H3/b8-5+. The maximum atomic E-state index is 13.1. The fraction of sp³-hybridized carbons (Fsp3) is 0.407. The summed E-state index contributed by atoms with van der Waals surface area (Å²) in [6.45, 7) is 8.49. The highest BCUT2D eigenvalue weighted by atomic mass is 32.1. The largest absolute Gasteiger partial charge is 0.348 e. The first-order chi connectivity index (χ1) is 16.2. The van der Waals surface area contributed by atoms with Crippen LogP contribution in [0.2, 0.25) is 0 Å². The van der Waals surface area contributed by atoms with Crippen molar-refractivity contribution in [2.24, 2.45) is 5.92 Å². The van der Waals surface area contributed by atoms with Gasteiger partial charge >= 0.3 is 0 Å². The third-order valence-corrected chi connectivity index (χ3v) is 7.88. The molecule has 2 saturated heterocycles. The molecule has 2 aromatic carbocycles. The molecule has 3 aromatic rings. The Balaban J connectivity index is 1.08. The van der Waals surface area contributed by atoms with Crippen LogP contribution in [0.1, 0.15) is 24.0 Å². The van der Waals surface area contributed by atoms with Crippen molar-refractivity contribution >= 4 is 38.7 Å². The predicted molar refractivity (Wildman–Crippen MR) is 138 cm³/mol. The lowest BCUT2D eigenvalue weighted by atomic mass is 9.95. The summed E-state index contributed by atoms with van der Waals surface area (Å²) in [7, 11) is 0. The molecule has 0 aliphatic carbocycles. The molecule has 0 spiro atoms. The van der Waals surface area contributed by atoms with Crippen LogP contribution in [0.5, 0.6) is 0 Å². The quantitative estimate of drug-likeness (QED) is 0.554. The molecule has 0 saturated carbocycles. The van der Waals surface area contributed by atoms with Gasteiger partial charge in [-0.3, -0.25) is 9.69 Å². The lowest BCUT2D eigenvalue weighted by Gasteiger charge is -2.38. The Morgan fingerprint density at radius 1 is 1.03 bits per heavy atom. The zero-order valence-corrected chi connectivity index (χ0v) is 20.1. The van der Waals surface area contributed by atoms with Crippen molar-refractivity contribution in [2.75, 3.05) is 50.7 Å². The molecule has 5 nitrogen and oxygen atoms in total. The van der Waals surface area contributed by atoms with E-state index in [1.807, 2.05) is 6.07 Å². The van der Waals surface area contributed by atoms with Crippen LogP contribution in [0.25, 0.3) is 16.3 Å². The van der Waals surface area contributed by atoms with E-state index in [0.717, 1.165) is 69.3 Å². The van der Waals surface area contributed by atoms with Crippen LogP contribution >= 0.6 is 11.3 Å². The van der Waals surface area contributed by atoms with E-state index in [1.54, 1.807) is 11.3 Å². The number of carbonyl (C=O) groups excluding carboxylic acids is 1. The number of amides is 1.